The molecule has 1 aromatic carbocycles. The second-order valence-corrected chi connectivity index (χ2v) is 7.86. The third-order valence-electron chi connectivity index (χ3n) is 5.70. The number of piperazine rings is 1. The fraction of sp³-hybridized carbons (Fsp3) is 0.304. The van der Waals surface area contributed by atoms with Gasteiger partial charge in [-0.2, -0.15) is 5.26 Å². The van der Waals surface area contributed by atoms with E-state index in [4.69, 9.17) is 5.26 Å². The smallest absolute Gasteiger partial charge is 0.280 e. The Bertz CT molecular complexity index is 1250. The van der Waals surface area contributed by atoms with Gasteiger partial charge in [0.1, 0.15) is 0 Å². The van der Waals surface area contributed by atoms with Gasteiger partial charge in [-0.15, -0.1) is 0 Å². The molecule has 10 heteroatoms. The lowest BCUT2D eigenvalue weighted by atomic mass is 10.0. The Hall–Kier alpha value is -3.84. The van der Waals surface area contributed by atoms with Gasteiger partial charge in [0, 0.05) is 38.6 Å². The van der Waals surface area contributed by atoms with Gasteiger partial charge in [-0.1, -0.05) is 6.07 Å². The number of carbonyl (C=O) groups excluding carboxylic acids is 1. The molecular weight excluding hydrogens is 430 g/mol. The molecule has 1 amide bonds. The Morgan fingerprint density at radius 1 is 1.18 bits per heavy atom. The maximum atomic E-state index is 12.9. The minimum Gasteiger partial charge on any atom is -0.336 e. The highest BCUT2D eigenvalue weighted by Gasteiger charge is 2.24. The van der Waals surface area contributed by atoms with Gasteiger partial charge in [0.15, 0.2) is 5.82 Å². The number of amides is 1. The van der Waals surface area contributed by atoms with Crippen LogP contribution in [0.3, 0.4) is 0 Å². The van der Waals surface area contributed by atoms with Gasteiger partial charge in [-0.25, -0.2) is 18.4 Å². The molecule has 4 rings (SSSR count). The number of carbonyl (C=O) groups is 1. The highest BCUT2D eigenvalue weighted by Crippen LogP contribution is 2.21. The van der Waals surface area contributed by atoms with E-state index >= 15 is 0 Å². The van der Waals surface area contributed by atoms with E-state index in [0.29, 0.717) is 54.3 Å². The first-order valence-corrected chi connectivity index (χ1v) is 10.4. The van der Waals surface area contributed by atoms with Gasteiger partial charge in [-0.3, -0.25) is 19.6 Å². The predicted molar refractivity (Wildman–Crippen MR) is 117 cm³/mol. The molecule has 1 aliphatic rings. The van der Waals surface area contributed by atoms with E-state index in [-0.39, 0.29) is 18.0 Å². The molecule has 1 saturated heterocycles. The number of aryl methyl sites for hydroxylation is 1. The number of alkyl halides is 2. The van der Waals surface area contributed by atoms with E-state index in [0.717, 1.165) is 5.56 Å². The molecule has 170 valence electrons. The summed E-state index contributed by atoms with van der Waals surface area (Å²) in [5.74, 6) is 0.106. The summed E-state index contributed by atoms with van der Waals surface area (Å²) in [6, 6.07) is 10.4. The largest absolute Gasteiger partial charge is 0.336 e. The fourth-order valence-corrected chi connectivity index (χ4v) is 3.92. The van der Waals surface area contributed by atoms with Crippen LogP contribution >= 0.6 is 0 Å². The Morgan fingerprint density at radius 3 is 2.55 bits per heavy atom. The standard InChI is InChI=1S/C23H22F2N6O2/c1-15-10-16(11-26)2-4-18(15)19-13-28-31(23(19)33)21-5-3-17(12-27-21)22(32)30-8-6-29(7-9-30)14-20(24)25/h2-5,10,12-13,20,28H,6-9,14H2,1H3. The molecule has 33 heavy (non-hydrogen) atoms. The van der Waals surface area contributed by atoms with E-state index in [1.54, 1.807) is 46.3 Å². The molecular formula is C23H22F2N6O2. The lowest BCUT2D eigenvalue weighted by Crippen LogP contribution is -2.49. The molecule has 3 heterocycles. The summed E-state index contributed by atoms with van der Waals surface area (Å²) in [6.07, 6.45) is 0.598. The van der Waals surface area contributed by atoms with Crippen LogP contribution in [0.25, 0.3) is 16.9 Å². The lowest BCUT2D eigenvalue weighted by Gasteiger charge is -2.34. The third kappa shape index (κ3) is 4.68. The van der Waals surface area contributed by atoms with Crippen LogP contribution in [0.2, 0.25) is 0 Å². The van der Waals surface area contributed by atoms with Gasteiger partial charge in [0.25, 0.3) is 17.9 Å². The van der Waals surface area contributed by atoms with Crippen molar-refractivity contribution in [2.75, 3.05) is 32.7 Å². The highest BCUT2D eigenvalue weighted by atomic mass is 19.3. The maximum absolute atomic E-state index is 12.9. The van der Waals surface area contributed by atoms with Crippen molar-refractivity contribution < 1.29 is 13.6 Å². The van der Waals surface area contributed by atoms with Crippen LogP contribution in [0.1, 0.15) is 21.5 Å². The Morgan fingerprint density at radius 2 is 1.94 bits per heavy atom. The monoisotopic (exact) mass is 452 g/mol. The molecule has 3 aromatic rings. The van der Waals surface area contributed by atoms with Crippen LogP contribution in [-0.2, 0) is 0 Å². The summed E-state index contributed by atoms with van der Waals surface area (Å²) >= 11 is 0. The summed E-state index contributed by atoms with van der Waals surface area (Å²) in [5, 5.41) is 11.9. The molecule has 0 atom stereocenters. The number of halogens is 2. The minimum atomic E-state index is -2.39. The minimum absolute atomic E-state index is 0.224. The number of benzene rings is 1. The Labute approximate surface area is 188 Å². The zero-order valence-electron chi connectivity index (χ0n) is 18.0. The van der Waals surface area contributed by atoms with Crippen LogP contribution in [0.15, 0.2) is 47.5 Å². The van der Waals surface area contributed by atoms with E-state index in [9.17, 15) is 18.4 Å². The van der Waals surface area contributed by atoms with Crippen molar-refractivity contribution in [2.45, 2.75) is 13.3 Å². The summed E-state index contributed by atoms with van der Waals surface area (Å²) in [6.45, 7) is 3.09. The van der Waals surface area contributed by atoms with Crippen LogP contribution < -0.4 is 5.56 Å². The quantitative estimate of drug-likeness (QED) is 0.641. The third-order valence-corrected chi connectivity index (χ3v) is 5.70. The number of aromatic nitrogens is 3. The molecule has 1 N–H and O–H groups in total. The summed E-state index contributed by atoms with van der Waals surface area (Å²) in [4.78, 5) is 33.2. The molecule has 0 radical (unpaired) electrons. The van der Waals surface area contributed by atoms with Gasteiger partial charge in [-0.05, 0) is 42.3 Å². The number of H-pyrrole nitrogens is 1. The predicted octanol–water partition coefficient (Wildman–Crippen LogP) is 2.43. The molecule has 1 fully saturated rings. The number of nitriles is 1. The first-order valence-electron chi connectivity index (χ1n) is 10.4. The van der Waals surface area contributed by atoms with Crippen LogP contribution in [-0.4, -0.2) is 69.6 Å². The molecule has 2 aromatic heterocycles. The number of rotatable bonds is 5. The number of aromatic amines is 1. The van der Waals surface area contributed by atoms with Gasteiger partial charge >= 0.3 is 0 Å². The molecule has 0 bridgehead atoms. The van der Waals surface area contributed by atoms with Gasteiger partial charge < -0.3 is 4.90 Å². The zero-order valence-corrected chi connectivity index (χ0v) is 18.0. The maximum Gasteiger partial charge on any atom is 0.280 e. The molecule has 1 aliphatic heterocycles. The number of nitrogens with zero attached hydrogens (tertiary/aromatic N) is 5. The normalized spacial score (nSPS) is 14.5. The van der Waals surface area contributed by atoms with E-state index in [1.165, 1.54) is 10.9 Å². The van der Waals surface area contributed by atoms with Crippen molar-refractivity contribution in [1.29, 1.82) is 5.26 Å². The molecule has 0 spiro atoms. The van der Waals surface area contributed by atoms with Crippen LogP contribution in [0, 0.1) is 18.3 Å². The van der Waals surface area contributed by atoms with Crippen LogP contribution in [0.5, 0.6) is 0 Å². The van der Waals surface area contributed by atoms with E-state index in [1.807, 2.05) is 6.92 Å². The van der Waals surface area contributed by atoms with Crippen molar-refractivity contribution in [3.05, 3.63) is 69.8 Å². The van der Waals surface area contributed by atoms with Gasteiger partial charge in [0.05, 0.1) is 29.3 Å². The number of hydrogen-bond acceptors (Lipinski definition) is 5. The summed E-state index contributed by atoms with van der Waals surface area (Å²) in [5.41, 5.74) is 2.55. The Balaban J connectivity index is 1.49. The first-order chi connectivity index (χ1) is 15.9. The van der Waals surface area contributed by atoms with Crippen molar-refractivity contribution in [1.82, 2.24) is 24.6 Å². The molecule has 0 saturated carbocycles. The summed E-state index contributed by atoms with van der Waals surface area (Å²) < 4.78 is 26.3. The topological polar surface area (TPSA) is 98.0 Å². The van der Waals surface area contributed by atoms with Crippen molar-refractivity contribution >= 4 is 5.91 Å². The van der Waals surface area contributed by atoms with E-state index < -0.39 is 6.43 Å². The van der Waals surface area contributed by atoms with Crippen molar-refractivity contribution in [3.63, 3.8) is 0 Å². The van der Waals surface area contributed by atoms with Crippen LogP contribution in [0.4, 0.5) is 8.78 Å². The fourth-order valence-electron chi connectivity index (χ4n) is 3.92. The average Bonchev–Trinajstić information content (AvgIpc) is 3.19. The Kier molecular flexibility index (Phi) is 6.33. The zero-order chi connectivity index (χ0) is 23.5. The lowest BCUT2D eigenvalue weighted by molar-refractivity contribution is 0.0458. The summed E-state index contributed by atoms with van der Waals surface area (Å²) in [7, 11) is 0. The second kappa shape index (κ2) is 9.34. The number of hydrogen-bond donors (Lipinski definition) is 1. The van der Waals surface area contributed by atoms with Crippen molar-refractivity contribution in [3.8, 4) is 23.0 Å². The SMILES string of the molecule is Cc1cc(C#N)ccc1-c1c[nH]n(-c2ccc(C(=O)N3CCN(CC(F)F)CC3)cn2)c1=O. The number of pyridine rings is 1. The molecule has 0 aliphatic carbocycles. The second-order valence-electron chi connectivity index (χ2n) is 7.86. The average molecular weight is 452 g/mol. The number of nitrogens with one attached hydrogen (secondary N) is 1. The van der Waals surface area contributed by atoms with E-state index in [2.05, 4.69) is 16.2 Å². The molecule has 8 nitrogen and oxygen atoms in total. The highest BCUT2D eigenvalue weighted by molar-refractivity contribution is 5.94. The van der Waals surface area contributed by atoms with Gasteiger partial charge in [0.2, 0.25) is 0 Å². The molecule has 0 unspecified atom stereocenters. The first kappa shape index (κ1) is 22.4. The van der Waals surface area contributed by atoms with Crippen molar-refractivity contribution in [2.24, 2.45) is 0 Å².